The number of carbonyl (C=O) groups is 2. The Morgan fingerprint density at radius 2 is 1.46 bits per heavy atom. The van der Waals surface area contributed by atoms with Crippen LogP contribution in [0.5, 0.6) is 0 Å². The molecule has 1 aromatic rings. The summed E-state index contributed by atoms with van der Waals surface area (Å²) >= 11 is 0. The average molecular weight is 332 g/mol. The van der Waals surface area contributed by atoms with E-state index in [1.165, 1.54) is 6.07 Å². The minimum atomic E-state index is -1.47. The minimum absolute atomic E-state index is 0.195. The molecular weight excluding hydrogens is 304 g/mol. The van der Waals surface area contributed by atoms with Gasteiger partial charge in [-0.2, -0.15) is 0 Å². The van der Waals surface area contributed by atoms with Crippen molar-refractivity contribution in [3.05, 3.63) is 34.4 Å². The number of carboxylic acid groups (broad SMARTS) is 2. The number of aromatic carboxylic acids is 2. The fraction of sp³-hybridized carbons (Fsp3) is 0.600. The van der Waals surface area contributed by atoms with Crippen LogP contribution in [-0.4, -0.2) is 11.9 Å². The lowest BCUT2D eigenvalue weighted by Crippen LogP contribution is -2.32. The van der Waals surface area contributed by atoms with Gasteiger partial charge in [-0.05, 0) is 35.8 Å². The van der Waals surface area contributed by atoms with E-state index < -0.39 is 11.9 Å². The molecule has 0 saturated heterocycles. The number of rotatable bonds is 10. The lowest BCUT2D eigenvalue weighted by Gasteiger charge is -2.23. The monoisotopic (exact) mass is 332 g/mol. The number of carboxylic acids is 2. The maximum atomic E-state index is 11.6. The van der Waals surface area contributed by atoms with Crippen molar-refractivity contribution in [2.75, 3.05) is 0 Å². The van der Waals surface area contributed by atoms with Crippen LogP contribution in [-0.2, 0) is 12.8 Å². The van der Waals surface area contributed by atoms with Crippen LogP contribution in [0.25, 0.3) is 0 Å². The largest absolute Gasteiger partial charge is 0.545 e. The Morgan fingerprint density at radius 3 is 1.92 bits per heavy atom. The summed E-state index contributed by atoms with van der Waals surface area (Å²) in [7, 11) is 0. The van der Waals surface area contributed by atoms with Gasteiger partial charge in [0.15, 0.2) is 0 Å². The predicted molar refractivity (Wildman–Crippen MR) is 90.7 cm³/mol. The van der Waals surface area contributed by atoms with Gasteiger partial charge in [-0.3, -0.25) is 0 Å². The van der Waals surface area contributed by atoms with Crippen LogP contribution in [0, 0.1) is 11.8 Å². The van der Waals surface area contributed by atoms with E-state index in [2.05, 4.69) is 27.7 Å². The van der Waals surface area contributed by atoms with Crippen molar-refractivity contribution in [2.24, 2.45) is 11.8 Å². The van der Waals surface area contributed by atoms with Crippen molar-refractivity contribution in [2.45, 2.75) is 66.2 Å². The summed E-state index contributed by atoms with van der Waals surface area (Å²) in [5, 5.41) is 23.0. The lowest BCUT2D eigenvalue weighted by molar-refractivity contribution is -0.259. The molecule has 4 nitrogen and oxygen atoms in total. The molecule has 0 saturated carbocycles. The van der Waals surface area contributed by atoms with E-state index in [1.807, 2.05) is 0 Å². The van der Waals surface area contributed by atoms with Crippen LogP contribution in [0.1, 0.15) is 85.2 Å². The second-order valence-electron chi connectivity index (χ2n) is 6.90. The second-order valence-corrected chi connectivity index (χ2v) is 6.90. The van der Waals surface area contributed by atoms with Crippen LogP contribution in [0.2, 0.25) is 0 Å². The Bertz CT molecular complexity index is 577. The van der Waals surface area contributed by atoms with E-state index >= 15 is 0 Å². The molecule has 0 amide bonds. The molecule has 134 valence electrons. The smallest absolute Gasteiger partial charge is 0.0724 e. The summed E-state index contributed by atoms with van der Waals surface area (Å²) in [6.07, 6.45) is 5.37. The zero-order valence-electron chi connectivity index (χ0n) is 15.2. The average Bonchev–Trinajstić information content (AvgIpc) is 2.48. The number of hydrogen-bond acceptors (Lipinski definition) is 4. The maximum absolute atomic E-state index is 11.6. The van der Waals surface area contributed by atoms with Gasteiger partial charge >= 0.3 is 0 Å². The van der Waals surface area contributed by atoms with E-state index in [1.54, 1.807) is 6.07 Å². The van der Waals surface area contributed by atoms with Crippen LogP contribution < -0.4 is 10.2 Å². The van der Waals surface area contributed by atoms with Gasteiger partial charge in [0.2, 0.25) is 0 Å². The van der Waals surface area contributed by atoms with Crippen molar-refractivity contribution in [1.29, 1.82) is 0 Å². The third-order valence-corrected chi connectivity index (χ3v) is 4.52. The molecule has 4 heteroatoms. The quantitative estimate of drug-likeness (QED) is 0.659. The summed E-state index contributed by atoms with van der Waals surface area (Å²) in [5.41, 5.74) is 1.06. The SMILES string of the molecule is CCCC(C)Cc1ccc(C(=O)[O-])c(C(=O)[O-])c1CC(C)CCC. The normalized spacial score (nSPS) is 13.5. The topological polar surface area (TPSA) is 80.3 Å². The molecule has 0 radical (unpaired) electrons. The Kier molecular flexibility index (Phi) is 7.96. The minimum Gasteiger partial charge on any atom is -0.545 e. The van der Waals surface area contributed by atoms with Gasteiger partial charge < -0.3 is 19.8 Å². The van der Waals surface area contributed by atoms with Gasteiger partial charge in [-0.15, -0.1) is 0 Å². The fourth-order valence-electron chi connectivity index (χ4n) is 3.43. The predicted octanol–water partition coefficient (Wildman–Crippen LogP) is 2.37. The van der Waals surface area contributed by atoms with Crippen molar-refractivity contribution >= 4 is 11.9 Å². The second kappa shape index (κ2) is 9.45. The van der Waals surface area contributed by atoms with Gasteiger partial charge in [0.1, 0.15) is 0 Å². The molecule has 0 aliphatic heterocycles. The molecule has 2 atom stereocenters. The van der Waals surface area contributed by atoms with Gasteiger partial charge in [0.05, 0.1) is 11.9 Å². The summed E-state index contributed by atoms with van der Waals surface area (Å²) in [6.45, 7) is 8.39. The third-order valence-electron chi connectivity index (χ3n) is 4.52. The maximum Gasteiger partial charge on any atom is 0.0724 e. The molecule has 0 heterocycles. The van der Waals surface area contributed by atoms with Gasteiger partial charge in [0, 0.05) is 11.1 Å². The molecule has 1 aromatic carbocycles. The van der Waals surface area contributed by atoms with Crippen LogP contribution in [0.3, 0.4) is 0 Å². The molecule has 0 N–H and O–H groups in total. The van der Waals surface area contributed by atoms with Crippen molar-refractivity contribution in [3.63, 3.8) is 0 Å². The molecule has 0 spiro atoms. The van der Waals surface area contributed by atoms with Crippen molar-refractivity contribution < 1.29 is 19.8 Å². The highest BCUT2D eigenvalue weighted by Gasteiger charge is 2.18. The molecule has 0 aliphatic carbocycles. The van der Waals surface area contributed by atoms with E-state index in [9.17, 15) is 19.8 Å². The zero-order valence-corrected chi connectivity index (χ0v) is 15.2. The summed E-state index contributed by atoms with van der Waals surface area (Å²) in [4.78, 5) is 23.0. The molecule has 0 bridgehead atoms. The highest BCUT2D eigenvalue weighted by atomic mass is 16.4. The Morgan fingerprint density at radius 1 is 0.917 bits per heavy atom. The number of hydrogen-bond donors (Lipinski definition) is 0. The highest BCUT2D eigenvalue weighted by molar-refractivity contribution is 6.01. The molecule has 0 aliphatic rings. The molecular formula is C20H28O4-2. The zero-order chi connectivity index (χ0) is 18.3. The Balaban J connectivity index is 3.38. The summed E-state index contributed by atoms with van der Waals surface area (Å²) in [5.74, 6) is -2.20. The van der Waals surface area contributed by atoms with Crippen LogP contribution >= 0.6 is 0 Å². The van der Waals surface area contributed by atoms with E-state index in [0.29, 0.717) is 17.9 Å². The van der Waals surface area contributed by atoms with Gasteiger partial charge in [-0.1, -0.05) is 65.5 Å². The van der Waals surface area contributed by atoms with Gasteiger partial charge in [-0.25, -0.2) is 0 Å². The van der Waals surface area contributed by atoms with Crippen molar-refractivity contribution in [3.8, 4) is 0 Å². The van der Waals surface area contributed by atoms with E-state index in [0.717, 1.165) is 37.7 Å². The number of benzene rings is 1. The molecule has 2 unspecified atom stereocenters. The Labute approximate surface area is 144 Å². The first-order valence-corrected chi connectivity index (χ1v) is 8.89. The standard InChI is InChI=1S/C20H30O4/c1-5-7-13(3)11-15-9-10-16(19(21)22)18(20(23)24)17(15)12-14(4)8-6-2/h9-10,13-14H,5-8,11-12H2,1-4H3,(H,21,22)(H,23,24)/p-2. The first-order valence-electron chi connectivity index (χ1n) is 8.89. The van der Waals surface area contributed by atoms with E-state index in [4.69, 9.17) is 0 Å². The van der Waals surface area contributed by atoms with E-state index in [-0.39, 0.29) is 17.0 Å². The van der Waals surface area contributed by atoms with Gasteiger partial charge in [0.25, 0.3) is 0 Å². The van der Waals surface area contributed by atoms with Crippen molar-refractivity contribution in [1.82, 2.24) is 0 Å². The molecule has 24 heavy (non-hydrogen) atoms. The first kappa shape index (κ1) is 20.2. The fourth-order valence-corrected chi connectivity index (χ4v) is 3.43. The first-order chi connectivity index (χ1) is 11.3. The highest BCUT2D eigenvalue weighted by Crippen LogP contribution is 2.27. The number of carbonyl (C=O) groups excluding carboxylic acids is 2. The van der Waals surface area contributed by atoms with Crippen LogP contribution in [0.15, 0.2) is 12.1 Å². The molecule has 0 aromatic heterocycles. The van der Waals surface area contributed by atoms with Crippen LogP contribution in [0.4, 0.5) is 0 Å². The molecule has 0 fully saturated rings. The lowest BCUT2D eigenvalue weighted by atomic mass is 9.84. The Hall–Kier alpha value is -1.84. The molecule has 1 rings (SSSR count). The summed E-state index contributed by atoms with van der Waals surface area (Å²) < 4.78 is 0. The summed E-state index contributed by atoms with van der Waals surface area (Å²) in [6, 6.07) is 3.10. The third kappa shape index (κ3) is 5.36.